The maximum atomic E-state index is 5.48. The zero-order chi connectivity index (χ0) is 15.4. The standard InChI is InChI=1S/C16H21N3O2S/c1-11-4-6-22-14(11)8-17-15-7-13(12-3-5-21-9-12)18-16(19-15)10-20-2/h4,6-7,12H,3,5,8-10H2,1-2H3,(H,17,18,19)/t12-/m0/s1. The molecular weight excluding hydrogens is 298 g/mol. The zero-order valence-corrected chi connectivity index (χ0v) is 13.8. The summed E-state index contributed by atoms with van der Waals surface area (Å²) in [6.07, 6.45) is 1.02. The van der Waals surface area contributed by atoms with Crippen LogP contribution in [0.5, 0.6) is 0 Å². The molecule has 118 valence electrons. The monoisotopic (exact) mass is 319 g/mol. The van der Waals surface area contributed by atoms with Gasteiger partial charge in [0.2, 0.25) is 0 Å². The molecular formula is C16H21N3O2S. The predicted octanol–water partition coefficient (Wildman–Crippen LogP) is 3.11. The maximum absolute atomic E-state index is 5.48. The average Bonchev–Trinajstić information content (AvgIpc) is 3.17. The van der Waals surface area contributed by atoms with E-state index in [-0.39, 0.29) is 0 Å². The van der Waals surface area contributed by atoms with Crippen molar-refractivity contribution in [2.24, 2.45) is 0 Å². The minimum atomic E-state index is 0.364. The first-order valence-corrected chi connectivity index (χ1v) is 8.35. The van der Waals surface area contributed by atoms with Gasteiger partial charge in [0.1, 0.15) is 12.4 Å². The summed E-state index contributed by atoms with van der Waals surface area (Å²) >= 11 is 1.76. The number of methoxy groups -OCH3 is 1. The lowest BCUT2D eigenvalue weighted by Crippen LogP contribution is -2.10. The second-order valence-corrected chi connectivity index (χ2v) is 6.47. The van der Waals surface area contributed by atoms with Crippen LogP contribution >= 0.6 is 11.3 Å². The van der Waals surface area contributed by atoms with Crippen molar-refractivity contribution in [3.05, 3.63) is 39.5 Å². The van der Waals surface area contributed by atoms with E-state index in [1.54, 1.807) is 18.4 Å². The van der Waals surface area contributed by atoms with Gasteiger partial charge in [-0.3, -0.25) is 0 Å². The molecule has 1 aliphatic heterocycles. The Balaban J connectivity index is 1.77. The number of nitrogens with one attached hydrogen (secondary N) is 1. The van der Waals surface area contributed by atoms with Crippen molar-refractivity contribution in [3.63, 3.8) is 0 Å². The molecule has 1 N–H and O–H groups in total. The van der Waals surface area contributed by atoms with E-state index in [0.717, 1.165) is 43.5 Å². The predicted molar refractivity (Wildman–Crippen MR) is 87.3 cm³/mol. The highest BCUT2D eigenvalue weighted by Gasteiger charge is 2.20. The van der Waals surface area contributed by atoms with Crippen LogP contribution in [-0.2, 0) is 22.6 Å². The minimum Gasteiger partial charge on any atom is -0.381 e. The molecule has 1 saturated heterocycles. The number of ether oxygens (including phenoxy) is 2. The lowest BCUT2D eigenvalue weighted by Gasteiger charge is -2.12. The van der Waals surface area contributed by atoms with E-state index in [0.29, 0.717) is 12.5 Å². The van der Waals surface area contributed by atoms with Crippen LogP contribution in [0.2, 0.25) is 0 Å². The molecule has 0 aliphatic carbocycles. The number of hydrogen-bond donors (Lipinski definition) is 1. The van der Waals surface area contributed by atoms with Crippen molar-refractivity contribution < 1.29 is 9.47 Å². The van der Waals surface area contributed by atoms with Gasteiger partial charge in [-0.25, -0.2) is 9.97 Å². The minimum absolute atomic E-state index is 0.364. The molecule has 1 aliphatic rings. The molecule has 0 aromatic carbocycles. The van der Waals surface area contributed by atoms with Gasteiger partial charge in [0.05, 0.1) is 18.8 Å². The van der Waals surface area contributed by atoms with Gasteiger partial charge in [-0.2, -0.15) is 0 Å². The van der Waals surface area contributed by atoms with Gasteiger partial charge in [0, 0.05) is 30.6 Å². The second kappa shape index (κ2) is 7.17. The molecule has 0 bridgehead atoms. The Labute approximate surface area is 134 Å². The first kappa shape index (κ1) is 15.4. The van der Waals surface area contributed by atoms with Crippen LogP contribution in [0.15, 0.2) is 17.5 Å². The molecule has 0 amide bonds. The summed E-state index contributed by atoms with van der Waals surface area (Å²) in [6, 6.07) is 4.18. The van der Waals surface area contributed by atoms with Crippen LogP contribution in [0.3, 0.4) is 0 Å². The molecule has 5 nitrogen and oxygen atoms in total. The first-order valence-electron chi connectivity index (χ1n) is 7.47. The van der Waals surface area contributed by atoms with E-state index in [1.165, 1.54) is 10.4 Å². The van der Waals surface area contributed by atoms with Crippen molar-refractivity contribution in [3.8, 4) is 0 Å². The summed E-state index contributed by atoms with van der Waals surface area (Å²) in [5.41, 5.74) is 2.36. The van der Waals surface area contributed by atoms with E-state index in [4.69, 9.17) is 9.47 Å². The quantitative estimate of drug-likeness (QED) is 0.886. The van der Waals surface area contributed by atoms with Crippen molar-refractivity contribution in [1.29, 1.82) is 0 Å². The highest BCUT2D eigenvalue weighted by molar-refractivity contribution is 7.10. The third-order valence-electron chi connectivity index (χ3n) is 3.81. The molecule has 3 rings (SSSR count). The molecule has 1 fully saturated rings. The van der Waals surface area contributed by atoms with Gasteiger partial charge in [-0.15, -0.1) is 11.3 Å². The summed E-state index contributed by atoms with van der Waals surface area (Å²) < 4.78 is 10.7. The van der Waals surface area contributed by atoms with Gasteiger partial charge >= 0.3 is 0 Å². The molecule has 2 aromatic rings. The highest BCUT2D eigenvalue weighted by atomic mass is 32.1. The van der Waals surface area contributed by atoms with Crippen molar-refractivity contribution in [2.75, 3.05) is 25.6 Å². The van der Waals surface area contributed by atoms with Crippen LogP contribution in [0.25, 0.3) is 0 Å². The molecule has 3 heterocycles. The molecule has 0 unspecified atom stereocenters. The normalized spacial score (nSPS) is 17.8. The van der Waals surface area contributed by atoms with E-state index in [2.05, 4.69) is 33.7 Å². The number of nitrogens with zero attached hydrogens (tertiary/aromatic N) is 2. The third kappa shape index (κ3) is 3.63. The Kier molecular flexibility index (Phi) is 5.02. The Bertz CT molecular complexity index is 624. The fourth-order valence-electron chi connectivity index (χ4n) is 2.53. The highest BCUT2D eigenvalue weighted by Crippen LogP contribution is 2.26. The number of hydrogen-bond acceptors (Lipinski definition) is 6. The Hall–Kier alpha value is -1.50. The van der Waals surface area contributed by atoms with E-state index >= 15 is 0 Å². The molecule has 0 saturated carbocycles. The zero-order valence-electron chi connectivity index (χ0n) is 13.0. The Morgan fingerprint density at radius 1 is 1.45 bits per heavy atom. The van der Waals surface area contributed by atoms with E-state index in [1.807, 2.05) is 6.07 Å². The number of anilines is 1. The fourth-order valence-corrected chi connectivity index (χ4v) is 3.38. The Morgan fingerprint density at radius 3 is 3.05 bits per heavy atom. The third-order valence-corrected chi connectivity index (χ3v) is 4.83. The smallest absolute Gasteiger partial charge is 0.156 e. The van der Waals surface area contributed by atoms with Crippen molar-refractivity contribution >= 4 is 17.2 Å². The SMILES string of the molecule is COCc1nc(NCc2sccc2C)cc([C@H]2CCOC2)n1. The van der Waals surface area contributed by atoms with Gasteiger partial charge < -0.3 is 14.8 Å². The number of rotatable bonds is 6. The van der Waals surface area contributed by atoms with Crippen LogP contribution < -0.4 is 5.32 Å². The summed E-state index contributed by atoms with van der Waals surface area (Å²) in [4.78, 5) is 10.5. The van der Waals surface area contributed by atoms with Crippen molar-refractivity contribution in [1.82, 2.24) is 9.97 Å². The molecule has 6 heteroatoms. The number of aryl methyl sites for hydroxylation is 1. The van der Waals surface area contributed by atoms with Gasteiger partial charge in [0.25, 0.3) is 0 Å². The molecule has 1 atom stereocenters. The maximum Gasteiger partial charge on any atom is 0.156 e. The van der Waals surface area contributed by atoms with Gasteiger partial charge in [-0.1, -0.05) is 0 Å². The first-order chi connectivity index (χ1) is 10.8. The van der Waals surface area contributed by atoms with Crippen LogP contribution in [0, 0.1) is 6.92 Å². The lowest BCUT2D eigenvalue weighted by molar-refractivity contribution is 0.177. The van der Waals surface area contributed by atoms with Crippen molar-refractivity contribution in [2.45, 2.75) is 32.4 Å². The summed E-state index contributed by atoms with van der Waals surface area (Å²) in [5.74, 6) is 1.94. The van der Waals surface area contributed by atoms with E-state index < -0.39 is 0 Å². The topological polar surface area (TPSA) is 56.3 Å². The number of aromatic nitrogens is 2. The molecule has 22 heavy (non-hydrogen) atoms. The van der Waals surface area contributed by atoms with E-state index in [9.17, 15) is 0 Å². The molecule has 0 radical (unpaired) electrons. The lowest BCUT2D eigenvalue weighted by atomic mass is 10.0. The van der Waals surface area contributed by atoms with Crippen LogP contribution in [-0.4, -0.2) is 30.3 Å². The van der Waals surface area contributed by atoms with Gasteiger partial charge in [0.15, 0.2) is 5.82 Å². The second-order valence-electron chi connectivity index (χ2n) is 5.47. The van der Waals surface area contributed by atoms with Gasteiger partial charge in [-0.05, 0) is 30.4 Å². The summed E-state index contributed by atoms with van der Waals surface area (Å²) in [5, 5.41) is 5.53. The van der Waals surface area contributed by atoms with Crippen LogP contribution in [0.1, 0.15) is 34.3 Å². The van der Waals surface area contributed by atoms with Crippen LogP contribution in [0.4, 0.5) is 5.82 Å². The molecule has 0 spiro atoms. The molecule has 2 aromatic heterocycles. The summed E-state index contributed by atoms with van der Waals surface area (Å²) in [6.45, 7) is 4.89. The summed E-state index contributed by atoms with van der Waals surface area (Å²) in [7, 11) is 1.66. The Morgan fingerprint density at radius 2 is 2.36 bits per heavy atom. The average molecular weight is 319 g/mol. The largest absolute Gasteiger partial charge is 0.381 e. The number of thiophene rings is 1. The fraction of sp³-hybridized carbons (Fsp3) is 0.500.